The molecule has 0 fully saturated rings. The van der Waals surface area contributed by atoms with E-state index in [1.54, 1.807) is 0 Å². The summed E-state index contributed by atoms with van der Waals surface area (Å²) in [6.45, 7) is 0.257. The third kappa shape index (κ3) is 7.10. The molecule has 0 bridgehead atoms. The van der Waals surface area contributed by atoms with Crippen LogP contribution in [0.25, 0.3) is 0 Å². The Balaban J connectivity index is 0.000000366. The first kappa shape index (κ1) is 16.1. The predicted octanol–water partition coefficient (Wildman–Crippen LogP) is -1.82. The standard InChI is InChI=1S/C5H7F3N2O.C3H10N2O/c6-5(7,8)4-9-1-3(11)2-10-4;4-1-3(6)2-5/h3,11H,1-2H2,(H,9,10);3,6H,1-2,4-5H2. The molecule has 0 aromatic rings. The van der Waals surface area contributed by atoms with Crippen molar-refractivity contribution in [2.75, 3.05) is 26.2 Å². The maximum atomic E-state index is 11.8. The van der Waals surface area contributed by atoms with Gasteiger partial charge in [0.05, 0.1) is 18.8 Å². The molecule has 1 atom stereocenters. The van der Waals surface area contributed by atoms with Crippen LogP contribution in [0, 0.1) is 0 Å². The van der Waals surface area contributed by atoms with Crippen molar-refractivity contribution in [2.45, 2.75) is 18.4 Å². The molecule has 9 heteroatoms. The lowest BCUT2D eigenvalue weighted by Gasteiger charge is -2.20. The van der Waals surface area contributed by atoms with Crippen LogP contribution in [0.5, 0.6) is 0 Å². The van der Waals surface area contributed by atoms with Crippen molar-refractivity contribution in [3.05, 3.63) is 0 Å². The summed E-state index contributed by atoms with van der Waals surface area (Å²) < 4.78 is 35.4. The monoisotopic (exact) mass is 258 g/mol. The van der Waals surface area contributed by atoms with Gasteiger partial charge in [-0.15, -0.1) is 0 Å². The zero-order chi connectivity index (χ0) is 13.5. The topological polar surface area (TPSA) is 117 Å². The maximum absolute atomic E-state index is 11.8. The number of aliphatic imine (C=N–C) groups is 1. The molecule has 102 valence electrons. The Morgan fingerprint density at radius 2 is 1.94 bits per heavy atom. The highest BCUT2D eigenvalue weighted by Gasteiger charge is 2.37. The lowest BCUT2D eigenvalue weighted by Crippen LogP contribution is -2.45. The van der Waals surface area contributed by atoms with Crippen LogP contribution < -0.4 is 16.8 Å². The van der Waals surface area contributed by atoms with Crippen LogP contribution in [0.15, 0.2) is 4.99 Å². The first-order valence-electron chi connectivity index (χ1n) is 4.93. The van der Waals surface area contributed by atoms with E-state index in [2.05, 4.69) is 4.99 Å². The van der Waals surface area contributed by atoms with E-state index in [4.69, 9.17) is 21.7 Å². The van der Waals surface area contributed by atoms with Crippen LogP contribution in [0.1, 0.15) is 0 Å². The van der Waals surface area contributed by atoms with Crippen molar-refractivity contribution in [2.24, 2.45) is 16.5 Å². The SMILES string of the molecule is NCC(O)CN.OC1CN=C(C(F)(F)F)NC1. The zero-order valence-corrected chi connectivity index (χ0v) is 9.11. The van der Waals surface area contributed by atoms with Crippen molar-refractivity contribution in [1.29, 1.82) is 0 Å². The number of nitrogens with one attached hydrogen (secondary N) is 1. The summed E-state index contributed by atoms with van der Waals surface area (Å²) in [5.41, 5.74) is 9.91. The Hall–Kier alpha value is -0.900. The van der Waals surface area contributed by atoms with Crippen molar-refractivity contribution < 1.29 is 23.4 Å². The first-order chi connectivity index (χ1) is 7.81. The van der Waals surface area contributed by atoms with Crippen molar-refractivity contribution in [3.63, 3.8) is 0 Å². The van der Waals surface area contributed by atoms with Gasteiger partial charge >= 0.3 is 6.18 Å². The maximum Gasteiger partial charge on any atom is 0.448 e. The van der Waals surface area contributed by atoms with E-state index >= 15 is 0 Å². The van der Waals surface area contributed by atoms with E-state index in [1.807, 2.05) is 5.32 Å². The molecular weight excluding hydrogens is 241 g/mol. The Bertz CT molecular complexity index is 243. The molecule has 7 N–H and O–H groups in total. The Morgan fingerprint density at radius 1 is 1.41 bits per heavy atom. The molecule has 0 saturated heterocycles. The normalized spacial score (nSPS) is 20.2. The molecule has 0 radical (unpaired) electrons. The average molecular weight is 258 g/mol. The Kier molecular flexibility index (Phi) is 7.04. The van der Waals surface area contributed by atoms with E-state index in [1.165, 1.54) is 0 Å². The minimum Gasteiger partial charge on any atom is -0.390 e. The van der Waals surface area contributed by atoms with E-state index in [9.17, 15) is 13.2 Å². The van der Waals surface area contributed by atoms with Crippen molar-refractivity contribution in [1.82, 2.24) is 5.32 Å². The van der Waals surface area contributed by atoms with Gasteiger partial charge in [0.1, 0.15) is 0 Å². The molecule has 1 aliphatic heterocycles. The molecule has 1 aliphatic rings. The molecule has 1 unspecified atom stereocenters. The van der Waals surface area contributed by atoms with Gasteiger partial charge in [0, 0.05) is 19.6 Å². The summed E-state index contributed by atoms with van der Waals surface area (Å²) in [6.07, 6.45) is -5.73. The van der Waals surface area contributed by atoms with Gasteiger partial charge in [-0.2, -0.15) is 13.2 Å². The summed E-state index contributed by atoms with van der Waals surface area (Å²) in [7, 11) is 0. The molecule has 0 spiro atoms. The largest absolute Gasteiger partial charge is 0.448 e. The van der Waals surface area contributed by atoms with E-state index in [0.29, 0.717) is 0 Å². The number of aliphatic hydroxyl groups is 2. The van der Waals surface area contributed by atoms with Gasteiger partial charge in [0.15, 0.2) is 0 Å². The van der Waals surface area contributed by atoms with Gasteiger partial charge in [0.2, 0.25) is 5.84 Å². The van der Waals surface area contributed by atoms with Gasteiger partial charge in [-0.25, -0.2) is 0 Å². The fraction of sp³-hybridized carbons (Fsp3) is 0.875. The molecule has 17 heavy (non-hydrogen) atoms. The van der Waals surface area contributed by atoms with Gasteiger partial charge in [0.25, 0.3) is 0 Å². The highest BCUT2D eigenvalue weighted by Crippen LogP contribution is 2.17. The van der Waals surface area contributed by atoms with Gasteiger partial charge in [-0.05, 0) is 0 Å². The van der Waals surface area contributed by atoms with Crippen LogP contribution in [0.4, 0.5) is 13.2 Å². The number of amidine groups is 1. The number of nitrogens with zero attached hydrogens (tertiary/aromatic N) is 1. The fourth-order valence-electron chi connectivity index (χ4n) is 0.818. The van der Waals surface area contributed by atoms with Crippen LogP contribution in [0.2, 0.25) is 0 Å². The number of hydrogen-bond acceptors (Lipinski definition) is 6. The third-order valence-corrected chi connectivity index (χ3v) is 1.78. The number of halogens is 3. The first-order valence-corrected chi connectivity index (χ1v) is 4.93. The van der Waals surface area contributed by atoms with Crippen LogP contribution in [-0.2, 0) is 0 Å². The smallest absolute Gasteiger partial charge is 0.390 e. The van der Waals surface area contributed by atoms with Gasteiger partial charge < -0.3 is 27.0 Å². The molecular formula is C8H17F3N4O2. The average Bonchev–Trinajstić information content (AvgIpc) is 2.28. The molecule has 0 aliphatic carbocycles. The summed E-state index contributed by atoms with van der Waals surface area (Å²) in [6, 6.07) is 0. The minimum absolute atomic E-state index is 0.0850. The minimum atomic E-state index is -4.42. The second-order valence-corrected chi connectivity index (χ2v) is 3.35. The molecule has 1 rings (SSSR count). The van der Waals surface area contributed by atoms with Crippen LogP contribution >= 0.6 is 0 Å². The van der Waals surface area contributed by atoms with Gasteiger partial charge in [-0.3, -0.25) is 4.99 Å². The lowest BCUT2D eigenvalue weighted by atomic mass is 10.3. The Labute approximate surface area is 96.5 Å². The third-order valence-electron chi connectivity index (χ3n) is 1.78. The molecule has 0 amide bonds. The zero-order valence-electron chi connectivity index (χ0n) is 9.11. The summed E-state index contributed by atoms with van der Waals surface area (Å²) in [4.78, 5) is 3.11. The second kappa shape index (κ2) is 7.43. The number of aliphatic hydroxyl groups excluding tert-OH is 2. The quantitative estimate of drug-likeness (QED) is 0.399. The highest BCUT2D eigenvalue weighted by atomic mass is 19.4. The molecule has 0 saturated carbocycles. The van der Waals surface area contributed by atoms with Gasteiger partial charge in [-0.1, -0.05) is 0 Å². The lowest BCUT2D eigenvalue weighted by molar-refractivity contribution is -0.0633. The van der Waals surface area contributed by atoms with Crippen molar-refractivity contribution in [3.8, 4) is 0 Å². The molecule has 0 aromatic carbocycles. The fourth-order valence-corrected chi connectivity index (χ4v) is 0.818. The summed E-state index contributed by atoms with van der Waals surface area (Å²) in [5, 5.41) is 19.2. The number of hydrogen-bond donors (Lipinski definition) is 5. The molecule has 0 aromatic heterocycles. The van der Waals surface area contributed by atoms with Crippen LogP contribution in [-0.4, -0.2) is 60.6 Å². The number of alkyl halides is 3. The number of β-amino-alcohol motifs (C(OH)–C–C–N with tert-alkyl or cyclic N) is 1. The van der Waals surface area contributed by atoms with Crippen LogP contribution in [0.3, 0.4) is 0 Å². The van der Waals surface area contributed by atoms with E-state index in [-0.39, 0.29) is 26.2 Å². The van der Waals surface area contributed by atoms with Crippen molar-refractivity contribution >= 4 is 5.84 Å². The Morgan fingerprint density at radius 3 is 2.18 bits per heavy atom. The molecule has 6 nitrogen and oxygen atoms in total. The molecule has 1 heterocycles. The van der Waals surface area contributed by atoms with E-state index in [0.717, 1.165) is 0 Å². The number of rotatable bonds is 2. The number of nitrogens with two attached hydrogens (primary N) is 2. The predicted molar refractivity (Wildman–Crippen MR) is 56.5 cm³/mol. The second-order valence-electron chi connectivity index (χ2n) is 3.35. The summed E-state index contributed by atoms with van der Waals surface area (Å²) in [5.74, 6) is -0.997. The van der Waals surface area contributed by atoms with E-state index < -0.39 is 24.2 Å². The summed E-state index contributed by atoms with van der Waals surface area (Å²) >= 11 is 0. The highest BCUT2D eigenvalue weighted by molar-refractivity contribution is 5.88.